The first-order chi connectivity index (χ1) is 16.4. The molecular weight excluding hydrogens is 452 g/mol. The number of hydrogen-bond acceptors (Lipinski definition) is 5. The van der Waals surface area contributed by atoms with Gasteiger partial charge >= 0.3 is 12.0 Å². The molecule has 2 amide bonds. The third-order valence-electron chi connectivity index (χ3n) is 6.54. The molecule has 1 fully saturated rings. The lowest BCUT2D eigenvalue weighted by Crippen LogP contribution is -2.52. The lowest BCUT2D eigenvalue weighted by atomic mass is 9.94. The monoisotopic (exact) mass is 482 g/mol. The molecule has 2 N–H and O–H groups in total. The summed E-state index contributed by atoms with van der Waals surface area (Å²) in [5, 5.41) is 6.20. The van der Waals surface area contributed by atoms with Crippen LogP contribution in [0.4, 0.5) is 10.5 Å². The maximum absolute atomic E-state index is 13.0. The fourth-order valence-corrected chi connectivity index (χ4v) is 4.83. The number of rotatable bonds is 6. The van der Waals surface area contributed by atoms with Crippen LogP contribution in [0.3, 0.4) is 0 Å². The molecule has 2 aliphatic heterocycles. The summed E-state index contributed by atoms with van der Waals surface area (Å²) in [6.07, 6.45) is 0. The van der Waals surface area contributed by atoms with Crippen molar-refractivity contribution in [3.63, 3.8) is 0 Å². The van der Waals surface area contributed by atoms with Crippen LogP contribution in [0.2, 0.25) is 5.02 Å². The van der Waals surface area contributed by atoms with E-state index < -0.39 is 12.0 Å². The van der Waals surface area contributed by atoms with Crippen LogP contribution in [0.5, 0.6) is 0 Å². The Morgan fingerprint density at radius 2 is 1.82 bits per heavy atom. The van der Waals surface area contributed by atoms with E-state index in [1.165, 1.54) is 16.8 Å². The van der Waals surface area contributed by atoms with Crippen molar-refractivity contribution in [2.24, 2.45) is 0 Å². The number of aryl methyl sites for hydroxylation is 1. The first kappa shape index (κ1) is 24.1. The highest BCUT2D eigenvalue weighted by Crippen LogP contribution is 2.32. The number of amides is 2. The van der Waals surface area contributed by atoms with E-state index in [0.29, 0.717) is 28.4 Å². The molecule has 7 nitrogen and oxygen atoms in total. The van der Waals surface area contributed by atoms with Crippen LogP contribution in [-0.2, 0) is 9.53 Å². The number of nitrogens with zero attached hydrogens (tertiary/aromatic N) is 2. The second-order valence-electron chi connectivity index (χ2n) is 8.65. The number of anilines is 1. The van der Waals surface area contributed by atoms with E-state index in [9.17, 15) is 9.59 Å². The lowest BCUT2D eigenvalue weighted by Gasteiger charge is -2.38. The number of carbonyl (C=O) groups is 2. The van der Waals surface area contributed by atoms with E-state index in [1.807, 2.05) is 18.2 Å². The van der Waals surface area contributed by atoms with Gasteiger partial charge in [-0.1, -0.05) is 41.9 Å². The van der Waals surface area contributed by atoms with Crippen LogP contribution in [-0.4, -0.2) is 56.2 Å². The van der Waals surface area contributed by atoms with Crippen molar-refractivity contribution in [2.75, 3.05) is 44.2 Å². The van der Waals surface area contributed by atoms with E-state index in [2.05, 4.69) is 52.5 Å². The second kappa shape index (κ2) is 10.5. The molecule has 8 heteroatoms. The number of esters is 1. The number of halogens is 1. The zero-order valence-electron chi connectivity index (χ0n) is 19.9. The minimum absolute atomic E-state index is 0.243. The van der Waals surface area contributed by atoms with E-state index in [1.54, 1.807) is 13.0 Å². The molecule has 0 radical (unpaired) electrons. The quantitative estimate of drug-likeness (QED) is 0.610. The fraction of sp³-hybridized carbons (Fsp3) is 0.385. The molecule has 2 aliphatic rings. The Morgan fingerprint density at radius 1 is 1.09 bits per heavy atom. The first-order valence-electron chi connectivity index (χ1n) is 11.6. The minimum atomic E-state index is -0.673. The van der Waals surface area contributed by atoms with Crippen LogP contribution in [0.1, 0.15) is 29.7 Å². The van der Waals surface area contributed by atoms with E-state index >= 15 is 0 Å². The van der Waals surface area contributed by atoms with Crippen molar-refractivity contribution in [3.8, 4) is 0 Å². The summed E-state index contributed by atoms with van der Waals surface area (Å²) < 4.78 is 5.37. The molecule has 0 bridgehead atoms. The van der Waals surface area contributed by atoms with Crippen molar-refractivity contribution >= 4 is 29.3 Å². The van der Waals surface area contributed by atoms with Gasteiger partial charge in [0.25, 0.3) is 0 Å². The Labute approximate surface area is 205 Å². The molecule has 0 aliphatic carbocycles. The molecule has 4 rings (SSSR count). The average Bonchev–Trinajstić information content (AvgIpc) is 2.81. The van der Waals surface area contributed by atoms with Crippen LogP contribution >= 0.6 is 11.6 Å². The Balaban J connectivity index is 1.57. The number of urea groups is 1. The van der Waals surface area contributed by atoms with Crippen molar-refractivity contribution in [3.05, 3.63) is 75.4 Å². The molecule has 1 atom stereocenters. The average molecular weight is 483 g/mol. The van der Waals surface area contributed by atoms with Gasteiger partial charge in [0.15, 0.2) is 0 Å². The summed E-state index contributed by atoms with van der Waals surface area (Å²) in [4.78, 5) is 30.2. The molecule has 1 unspecified atom stereocenters. The maximum Gasteiger partial charge on any atom is 0.338 e. The summed E-state index contributed by atoms with van der Waals surface area (Å²) in [5.41, 5.74) is 5.47. The normalized spacial score (nSPS) is 19.0. The van der Waals surface area contributed by atoms with Gasteiger partial charge in [-0.2, -0.15) is 0 Å². The number of hydrogen-bond donors (Lipinski definition) is 2. The molecule has 0 saturated carbocycles. The van der Waals surface area contributed by atoms with Gasteiger partial charge in [0, 0.05) is 49.1 Å². The van der Waals surface area contributed by atoms with Gasteiger partial charge in [-0.25, -0.2) is 9.59 Å². The molecule has 0 aromatic heterocycles. The zero-order valence-corrected chi connectivity index (χ0v) is 20.6. The van der Waals surface area contributed by atoms with E-state index in [-0.39, 0.29) is 12.6 Å². The Kier molecular flexibility index (Phi) is 7.44. The molecule has 1 saturated heterocycles. The highest BCUT2D eigenvalue weighted by Gasteiger charge is 2.35. The molecule has 180 valence electrons. The summed E-state index contributed by atoms with van der Waals surface area (Å²) >= 11 is 6.43. The number of ether oxygens (including phenoxy) is 1. The van der Waals surface area contributed by atoms with Crippen molar-refractivity contribution in [2.45, 2.75) is 26.8 Å². The van der Waals surface area contributed by atoms with E-state index in [0.717, 1.165) is 26.2 Å². The Bertz CT molecular complexity index is 1110. The summed E-state index contributed by atoms with van der Waals surface area (Å²) in [5.74, 6) is -0.455. The molecule has 2 aromatic carbocycles. The molecule has 34 heavy (non-hydrogen) atoms. The number of nitrogens with one attached hydrogen (secondary N) is 2. The second-order valence-corrected chi connectivity index (χ2v) is 9.06. The predicted molar refractivity (Wildman–Crippen MR) is 134 cm³/mol. The molecule has 0 spiro atoms. The lowest BCUT2D eigenvalue weighted by molar-refractivity contribution is -0.139. The van der Waals surface area contributed by atoms with Gasteiger partial charge in [-0.15, -0.1) is 0 Å². The minimum Gasteiger partial charge on any atom is -0.463 e. The highest BCUT2D eigenvalue weighted by atomic mass is 35.5. The fourth-order valence-electron chi connectivity index (χ4n) is 4.58. The third kappa shape index (κ3) is 5.05. The number of carbonyl (C=O) groups excluding carboxylic acids is 2. The smallest absolute Gasteiger partial charge is 0.338 e. The number of piperazine rings is 1. The third-order valence-corrected chi connectivity index (χ3v) is 6.88. The van der Waals surface area contributed by atoms with Crippen LogP contribution < -0.4 is 15.5 Å². The van der Waals surface area contributed by atoms with Crippen LogP contribution in [0.15, 0.2) is 53.7 Å². The largest absolute Gasteiger partial charge is 0.463 e. The van der Waals surface area contributed by atoms with Crippen molar-refractivity contribution in [1.82, 2.24) is 15.5 Å². The van der Waals surface area contributed by atoms with Gasteiger partial charge < -0.3 is 20.3 Å². The Morgan fingerprint density at radius 3 is 2.53 bits per heavy atom. The SMILES string of the molecule is CCOC(=O)C1=C(CN2CCN(c3cccc(C)c3C)CC2)NC(=O)NC1c1ccccc1Cl. The maximum atomic E-state index is 13.0. The molecule has 2 aromatic rings. The summed E-state index contributed by atoms with van der Waals surface area (Å²) in [6.45, 7) is 10.1. The summed E-state index contributed by atoms with van der Waals surface area (Å²) in [7, 11) is 0. The van der Waals surface area contributed by atoms with E-state index in [4.69, 9.17) is 16.3 Å². The topological polar surface area (TPSA) is 73.9 Å². The van der Waals surface area contributed by atoms with Gasteiger partial charge in [-0.3, -0.25) is 4.90 Å². The van der Waals surface area contributed by atoms with Crippen LogP contribution in [0.25, 0.3) is 0 Å². The molecular formula is C26H31ClN4O3. The van der Waals surface area contributed by atoms with Crippen molar-refractivity contribution < 1.29 is 14.3 Å². The molecule has 2 heterocycles. The number of benzene rings is 2. The Hall–Kier alpha value is -3.03. The van der Waals surface area contributed by atoms with Gasteiger partial charge in [0.05, 0.1) is 18.2 Å². The van der Waals surface area contributed by atoms with Crippen molar-refractivity contribution in [1.29, 1.82) is 0 Å². The zero-order chi connectivity index (χ0) is 24.2. The highest BCUT2D eigenvalue weighted by molar-refractivity contribution is 6.31. The van der Waals surface area contributed by atoms with Crippen LogP contribution in [0, 0.1) is 13.8 Å². The summed E-state index contributed by atoms with van der Waals surface area (Å²) in [6, 6.07) is 12.6. The van der Waals surface area contributed by atoms with Gasteiger partial charge in [0.2, 0.25) is 0 Å². The standard InChI is InChI=1S/C26H31ClN4O3/c1-4-34-25(32)23-21(28-26(33)29-24(23)19-9-5-6-10-20(19)27)16-30-12-14-31(15-13-30)22-11-7-8-17(2)18(22)3/h5-11,24H,4,12-16H2,1-3H3,(H2,28,29,33). The first-order valence-corrected chi connectivity index (χ1v) is 12.0. The van der Waals surface area contributed by atoms with Gasteiger partial charge in [0.1, 0.15) is 0 Å². The van der Waals surface area contributed by atoms with Gasteiger partial charge in [-0.05, 0) is 49.6 Å². The predicted octanol–water partition coefficient (Wildman–Crippen LogP) is 3.95.